The van der Waals surface area contributed by atoms with Crippen LogP contribution in [0.1, 0.15) is 47.5 Å². The second-order valence-electron chi connectivity index (χ2n) is 4.64. The Morgan fingerprint density at radius 2 is 1.25 bits per heavy atom. The van der Waals surface area contributed by atoms with Crippen LogP contribution < -0.4 is 5.73 Å². The molecule has 1 nitrogen and oxygen atoms in total. The van der Waals surface area contributed by atoms with Gasteiger partial charge in [0.05, 0.1) is 0 Å². The lowest BCUT2D eigenvalue weighted by molar-refractivity contribution is 0.334. The van der Waals surface area contributed by atoms with Crippen LogP contribution in [0.5, 0.6) is 0 Å². The highest BCUT2D eigenvalue weighted by molar-refractivity contribution is 4.66. The minimum Gasteiger partial charge on any atom is -0.328 e. The summed E-state index contributed by atoms with van der Waals surface area (Å²) >= 11 is 0. The van der Waals surface area contributed by atoms with Crippen molar-refractivity contribution in [1.82, 2.24) is 0 Å². The Labute approximate surface area is 77.7 Å². The quantitative estimate of drug-likeness (QED) is 0.676. The Hall–Kier alpha value is -0.0400. The van der Waals surface area contributed by atoms with Gasteiger partial charge in [-0.25, -0.2) is 0 Å². The van der Waals surface area contributed by atoms with E-state index in [4.69, 9.17) is 5.73 Å². The minimum absolute atomic E-state index is 0.351. The summed E-state index contributed by atoms with van der Waals surface area (Å²) in [4.78, 5) is 0. The molecule has 3 unspecified atom stereocenters. The molecule has 0 heterocycles. The van der Waals surface area contributed by atoms with E-state index >= 15 is 0 Å². The number of nitrogens with two attached hydrogens (primary N) is 1. The fourth-order valence-corrected chi connectivity index (χ4v) is 1.12. The summed E-state index contributed by atoms with van der Waals surface area (Å²) in [6.07, 6.45) is 2.59. The van der Waals surface area contributed by atoms with Gasteiger partial charge in [-0.3, -0.25) is 0 Å². The molecule has 0 fully saturated rings. The van der Waals surface area contributed by atoms with Crippen LogP contribution in [0.25, 0.3) is 0 Å². The molecule has 2 N–H and O–H groups in total. The summed E-state index contributed by atoms with van der Waals surface area (Å²) in [5.41, 5.74) is 5.80. The van der Waals surface area contributed by atoms with Gasteiger partial charge < -0.3 is 5.73 Å². The van der Waals surface area contributed by atoms with Gasteiger partial charge in [0.2, 0.25) is 0 Å². The van der Waals surface area contributed by atoms with E-state index in [1.54, 1.807) is 0 Å². The molecule has 0 aromatic heterocycles. The molecule has 1 heteroatoms. The zero-order chi connectivity index (χ0) is 9.72. The van der Waals surface area contributed by atoms with Gasteiger partial charge in [-0.1, -0.05) is 34.1 Å². The van der Waals surface area contributed by atoms with Crippen LogP contribution in [0.4, 0.5) is 0 Å². The molecule has 0 aliphatic heterocycles. The molecular weight excluding hydrogens is 146 g/mol. The topological polar surface area (TPSA) is 26.0 Å². The second-order valence-corrected chi connectivity index (χ2v) is 4.64. The largest absolute Gasteiger partial charge is 0.328 e. The average molecular weight is 171 g/mol. The van der Waals surface area contributed by atoms with Gasteiger partial charge >= 0.3 is 0 Å². The highest BCUT2D eigenvalue weighted by atomic mass is 14.6. The normalized spacial score (nSPS) is 19.2. The van der Waals surface area contributed by atoms with Gasteiger partial charge in [-0.15, -0.1) is 0 Å². The Morgan fingerprint density at radius 1 is 0.833 bits per heavy atom. The Kier molecular flexibility index (Phi) is 5.56. The first-order valence-electron chi connectivity index (χ1n) is 5.20. The van der Waals surface area contributed by atoms with E-state index in [0.29, 0.717) is 12.0 Å². The molecule has 0 aliphatic carbocycles. The van der Waals surface area contributed by atoms with Crippen LogP contribution >= 0.6 is 0 Å². The van der Waals surface area contributed by atoms with E-state index in [1.165, 1.54) is 12.8 Å². The van der Waals surface area contributed by atoms with Gasteiger partial charge in [-0.05, 0) is 31.1 Å². The Balaban J connectivity index is 3.54. The first kappa shape index (κ1) is 12.0. The van der Waals surface area contributed by atoms with Gasteiger partial charge in [0.25, 0.3) is 0 Å². The molecule has 0 radical (unpaired) electrons. The molecule has 0 bridgehead atoms. The maximum atomic E-state index is 5.80. The van der Waals surface area contributed by atoms with Crippen LogP contribution in [0.15, 0.2) is 0 Å². The summed E-state index contributed by atoms with van der Waals surface area (Å²) in [5.74, 6) is 2.32. The van der Waals surface area contributed by atoms with E-state index in [-0.39, 0.29) is 0 Å². The van der Waals surface area contributed by atoms with Crippen molar-refractivity contribution in [2.24, 2.45) is 23.5 Å². The Bertz CT molecular complexity index is 93.6. The molecule has 0 rings (SSSR count). The zero-order valence-corrected chi connectivity index (χ0v) is 9.30. The maximum absolute atomic E-state index is 5.80. The third-order valence-corrected chi connectivity index (χ3v) is 3.11. The van der Waals surface area contributed by atoms with Crippen LogP contribution in [0.3, 0.4) is 0 Å². The number of rotatable bonds is 5. The van der Waals surface area contributed by atoms with Crippen molar-refractivity contribution in [2.75, 3.05) is 0 Å². The summed E-state index contributed by atoms with van der Waals surface area (Å²) < 4.78 is 0. The molecule has 0 amide bonds. The fraction of sp³-hybridized carbons (Fsp3) is 1.00. The van der Waals surface area contributed by atoms with Crippen molar-refractivity contribution in [3.8, 4) is 0 Å². The molecule has 0 aromatic rings. The van der Waals surface area contributed by atoms with Gasteiger partial charge in [-0.2, -0.15) is 0 Å². The highest BCUT2D eigenvalue weighted by Gasteiger charge is 2.11. The van der Waals surface area contributed by atoms with Gasteiger partial charge in [0.15, 0.2) is 0 Å². The number of hydrogen-bond acceptors (Lipinski definition) is 1. The van der Waals surface area contributed by atoms with Crippen LogP contribution in [-0.2, 0) is 0 Å². The predicted octanol–water partition coefficient (Wildman–Crippen LogP) is 3.04. The predicted molar refractivity (Wildman–Crippen MR) is 56.0 cm³/mol. The highest BCUT2D eigenvalue weighted by Crippen LogP contribution is 2.20. The first-order chi connectivity index (χ1) is 5.45. The molecule has 0 aliphatic rings. The molecule has 0 aromatic carbocycles. The third kappa shape index (κ3) is 4.76. The summed E-state index contributed by atoms with van der Waals surface area (Å²) in [5, 5.41) is 0. The Morgan fingerprint density at radius 3 is 1.58 bits per heavy atom. The van der Waals surface area contributed by atoms with E-state index < -0.39 is 0 Å². The molecule has 74 valence electrons. The summed E-state index contributed by atoms with van der Waals surface area (Å²) in [6, 6.07) is 0.351. The zero-order valence-electron chi connectivity index (χ0n) is 9.30. The summed E-state index contributed by atoms with van der Waals surface area (Å²) in [6.45, 7) is 11.3. The van der Waals surface area contributed by atoms with Crippen molar-refractivity contribution in [3.63, 3.8) is 0 Å². The second kappa shape index (κ2) is 5.58. The monoisotopic (exact) mass is 171 g/mol. The van der Waals surface area contributed by atoms with Crippen LogP contribution in [-0.4, -0.2) is 6.04 Å². The lowest BCUT2D eigenvalue weighted by atomic mass is 9.88. The van der Waals surface area contributed by atoms with Crippen molar-refractivity contribution >= 4 is 0 Å². The van der Waals surface area contributed by atoms with Crippen molar-refractivity contribution in [1.29, 1.82) is 0 Å². The molecule has 3 atom stereocenters. The fourth-order valence-electron chi connectivity index (χ4n) is 1.12. The molecular formula is C11H25N. The SMILES string of the molecule is CC(C)C(C)CCC(C)C(C)N. The van der Waals surface area contributed by atoms with Gasteiger partial charge in [0.1, 0.15) is 0 Å². The van der Waals surface area contributed by atoms with Crippen molar-refractivity contribution < 1.29 is 0 Å². The molecule has 0 saturated carbocycles. The minimum atomic E-state index is 0.351. The van der Waals surface area contributed by atoms with Crippen molar-refractivity contribution in [3.05, 3.63) is 0 Å². The molecule has 12 heavy (non-hydrogen) atoms. The standard InChI is InChI=1S/C11H25N/c1-8(2)9(3)6-7-10(4)11(5)12/h8-11H,6-7,12H2,1-5H3. The summed E-state index contributed by atoms with van der Waals surface area (Å²) in [7, 11) is 0. The number of hydrogen-bond donors (Lipinski definition) is 1. The van der Waals surface area contributed by atoms with E-state index in [9.17, 15) is 0 Å². The van der Waals surface area contributed by atoms with E-state index in [0.717, 1.165) is 11.8 Å². The lowest BCUT2D eigenvalue weighted by Gasteiger charge is -2.20. The lowest BCUT2D eigenvalue weighted by Crippen LogP contribution is -2.24. The van der Waals surface area contributed by atoms with Gasteiger partial charge in [0, 0.05) is 6.04 Å². The first-order valence-corrected chi connectivity index (χ1v) is 5.20. The van der Waals surface area contributed by atoms with Crippen LogP contribution in [0, 0.1) is 17.8 Å². The molecule has 0 saturated heterocycles. The van der Waals surface area contributed by atoms with E-state index in [2.05, 4.69) is 34.6 Å². The average Bonchev–Trinajstić information content (AvgIpc) is 1.98. The van der Waals surface area contributed by atoms with Crippen LogP contribution in [0.2, 0.25) is 0 Å². The van der Waals surface area contributed by atoms with Crippen molar-refractivity contribution in [2.45, 2.75) is 53.5 Å². The smallest absolute Gasteiger partial charge is 0.00361 e. The van der Waals surface area contributed by atoms with E-state index in [1.807, 2.05) is 0 Å². The third-order valence-electron chi connectivity index (χ3n) is 3.11. The molecule has 0 spiro atoms. The maximum Gasteiger partial charge on any atom is 0.00361 e.